The number of carboxylic acid groups (broad SMARTS) is 2. The maximum absolute atomic E-state index is 11.8. The zero-order chi connectivity index (χ0) is 18.9. The first-order chi connectivity index (χ1) is 11.1. The van der Waals surface area contributed by atoms with E-state index in [0.29, 0.717) is 0 Å². The Labute approximate surface area is 136 Å². The highest BCUT2D eigenvalue weighted by atomic mass is 16.4. The molecule has 0 spiro atoms. The number of nitrogens with one attached hydrogen (secondary N) is 3. The van der Waals surface area contributed by atoms with E-state index in [1.165, 1.54) is 0 Å². The number of carbonyl (C=O) groups excluding carboxylic acids is 3. The fourth-order valence-electron chi connectivity index (χ4n) is 1.39. The van der Waals surface area contributed by atoms with Crippen molar-refractivity contribution in [3.63, 3.8) is 0 Å². The summed E-state index contributed by atoms with van der Waals surface area (Å²) in [5.74, 6) is -5.44. The van der Waals surface area contributed by atoms with Gasteiger partial charge in [-0.05, 0) is 6.92 Å². The van der Waals surface area contributed by atoms with Crippen molar-refractivity contribution in [2.75, 3.05) is 13.2 Å². The maximum Gasteiger partial charge on any atom is 0.325 e. The second-order valence-corrected chi connectivity index (χ2v) is 4.79. The van der Waals surface area contributed by atoms with E-state index in [1.807, 2.05) is 5.32 Å². The van der Waals surface area contributed by atoms with Gasteiger partial charge < -0.3 is 37.0 Å². The molecule has 3 amide bonds. The Hall–Kier alpha value is -2.73. The summed E-state index contributed by atoms with van der Waals surface area (Å²) in [7, 11) is 0. The van der Waals surface area contributed by atoms with Gasteiger partial charge in [-0.2, -0.15) is 0 Å². The summed E-state index contributed by atoms with van der Waals surface area (Å²) in [6.45, 7) is -0.0780. The lowest BCUT2D eigenvalue weighted by atomic mass is 10.1. The van der Waals surface area contributed by atoms with E-state index in [1.54, 1.807) is 0 Å². The molecular weight excluding hydrogens is 328 g/mol. The minimum atomic E-state index is -1.53. The van der Waals surface area contributed by atoms with Crippen LogP contribution in [0.5, 0.6) is 0 Å². The third kappa shape index (κ3) is 8.05. The smallest absolute Gasteiger partial charge is 0.325 e. The Balaban J connectivity index is 4.69. The molecule has 0 rings (SSSR count). The summed E-state index contributed by atoms with van der Waals surface area (Å²) in [5, 5.41) is 32.3. The lowest BCUT2D eigenvalue weighted by molar-refractivity contribution is -0.143. The summed E-state index contributed by atoms with van der Waals surface area (Å²) < 4.78 is 0. The number of amides is 3. The molecule has 0 aromatic heterocycles. The normalized spacial score (nSPS) is 14.0. The molecule has 0 saturated heterocycles. The zero-order valence-corrected chi connectivity index (χ0v) is 12.8. The molecule has 0 saturated carbocycles. The minimum absolute atomic E-state index is 0.607. The maximum atomic E-state index is 11.8. The van der Waals surface area contributed by atoms with Crippen LogP contribution in [0.1, 0.15) is 13.3 Å². The predicted molar refractivity (Wildman–Crippen MR) is 77.5 cm³/mol. The number of rotatable bonds is 10. The Kier molecular flexibility index (Phi) is 8.97. The van der Waals surface area contributed by atoms with E-state index in [9.17, 15) is 24.0 Å². The van der Waals surface area contributed by atoms with Crippen LogP contribution in [0, 0.1) is 0 Å². The monoisotopic (exact) mass is 348 g/mol. The van der Waals surface area contributed by atoms with Crippen molar-refractivity contribution in [1.29, 1.82) is 0 Å². The fourth-order valence-corrected chi connectivity index (χ4v) is 1.39. The first kappa shape index (κ1) is 21.3. The Morgan fingerprint density at radius 2 is 1.62 bits per heavy atom. The van der Waals surface area contributed by atoms with Crippen LogP contribution < -0.4 is 21.7 Å². The molecule has 12 nitrogen and oxygen atoms in total. The molecule has 24 heavy (non-hydrogen) atoms. The number of carboxylic acids is 2. The molecule has 3 unspecified atom stereocenters. The first-order valence-corrected chi connectivity index (χ1v) is 6.77. The van der Waals surface area contributed by atoms with Gasteiger partial charge in [0, 0.05) is 0 Å². The zero-order valence-electron chi connectivity index (χ0n) is 12.8. The van der Waals surface area contributed by atoms with Crippen molar-refractivity contribution < 1.29 is 39.3 Å². The number of nitrogens with two attached hydrogens (primary N) is 1. The van der Waals surface area contributed by atoms with Crippen LogP contribution in [-0.4, -0.2) is 76.3 Å². The highest BCUT2D eigenvalue weighted by Crippen LogP contribution is 1.95. The molecule has 136 valence electrons. The average Bonchev–Trinajstić information content (AvgIpc) is 2.50. The summed E-state index contributed by atoms with van der Waals surface area (Å²) >= 11 is 0. The number of hydrogen-bond acceptors (Lipinski definition) is 7. The van der Waals surface area contributed by atoms with Gasteiger partial charge >= 0.3 is 11.9 Å². The predicted octanol–water partition coefficient (Wildman–Crippen LogP) is -4.03. The Bertz CT molecular complexity index is 509. The first-order valence-electron chi connectivity index (χ1n) is 6.77. The number of carbonyl (C=O) groups is 5. The lowest BCUT2D eigenvalue weighted by Gasteiger charge is -2.19. The standard InChI is InChI=1S/C12H20N4O8/c1-5(12(23)24)15-11(22)7(2-9(19)20)16-8(18)3-14-10(21)6(13)4-17/h5-7,17H,2-4,13H2,1H3,(H,14,21)(H,15,22)(H,16,18)(H,19,20)(H,23,24). The van der Waals surface area contributed by atoms with Crippen molar-refractivity contribution in [2.45, 2.75) is 31.5 Å². The van der Waals surface area contributed by atoms with Gasteiger partial charge in [0.2, 0.25) is 17.7 Å². The van der Waals surface area contributed by atoms with Crippen LogP contribution in [0.15, 0.2) is 0 Å². The van der Waals surface area contributed by atoms with Crippen molar-refractivity contribution in [3.05, 3.63) is 0 Å². The fraction of sp³-hybridized carbons (Fsp3) is 0.583. The largest absolute Gasteiger partial charge is 0.481 e. The topological polar surface area (TPSA) is 208 Å². The van der Waals surface area contributed by atoms with Gasteiger partial charge in [0.25, 0.3) is 0 Å². The quantitative estimate of drug-likeness (QED) is 0.205. The average molecular weight is 348 g/mol. The Morgan fingerprint density at radius 3 is 2.08 bits per heavy atom. The summed E-state index contributed by atoms with van der Waals surface area (Å²) in [6.07, 6.45) is -0.784. The molecule has 0 fully saturated rings. The highest BCUT2D eigenvalue weighted by Gasteiger charge is 2.26. The van der Waals surface area contributed by atoms with Crippen molar-refractivity contribution in [1.82, 2.24) is 16.0 Å². The van der Waals surface area contributed by atoms with Crippen LogP contribution in [0.2, 0.25) is 0 Å². The molecule has 0 aliphatic carbocycles. The van der Waals surface area contributed by atoms with Crippen LogP contribution in [0.4, 0.5) is 0 Å². The van der Waals surface area contributed by atoms with Gasteiger partial charge in [0.15, 0.2) is 0 Å². The van der Waals surface area contributed by atoms with Crippen molar-refractivity contribution in [2.24, 2.45) is 5.73 Å². The van der Waals surface area contributed by atoms with E-state index in [2.05, 4.69) is 10.6 Å². The molecule has 0 aromatic rings. The molecule has 0 bridgehead atoms. The van der Waals surface area contributed by atoms with Crippen LogP contribution in [-0.2, 0) is 24.0 Å². The molecular formula is C12H20N4O8. The van der Waals surface area contributed by atoms with Crippen LogP contribution >= 0.6 is 0 Å². The molecule has 0 aliphatic rings. The van der Waals surface area contributed by atoms with Gasteiger partial charge in [-0.1, -0.05) is 0 Å². The van der Waals surface area contributed by atoms with E-state index < -0.39 is 67.4 Å². The molecule has 0 aromatic carbocycles. The number of aliphatic hydroxyl groups is 1. The Morgan fingerprint density at radius 1 is 1.04 bits per heavy atom. The van der Waals surface area contributed by atoms with Crippen LogP contribution in [0.3, 0.4) is 0 Å². The van der Waals surface area contributed by atoms with Gasteiger partial charge in [-0.15, -0.1) is 0 Å². The lowest BCUT2D eigenvalue weighted by Crippen LogP contribution is -2.54. The third-order valence-electron chi connectivity index (χ3n) is 2.72. The number of hydrogen-bond donors (Lipinski definition) is 7. The molecule has 0 radical (unpaired) electrons. The van der Waals surface area contributed by atoms with Gasteiger partial charge in [-0.3, -0.25) is 24.0 Å². The number of aliphatic hydroxyl groups excluding tert-OH is 1. The molecule has 3 atom stereocenters. The van der Waals surface area contributed by atoms with E-state index in [4.69, 9.17) is 21.1 Å². The van der Waals surface area contributed by atoms with E-state index in [0.717, 1.165) is 6.92 Å². The van der Waals surface area contributed by atoms with E-state index >= 15 is 0 Å². The summed E-state index contributed by atoms with van der Waals surface area (Å²) in [4.78, 5) is 56.2. The molecule has 8 N–H and O–H groups in total. The minimum Gasteiger partial charge on any atom is -0.481 e. The van der Waals surface area contributed by atoms with Crippen molar-refractivity contribution in [3.8, 4) is 0 Å². The van der Waals surface area contributed by atoms with Crippen molar-refractivity contribution >= 4 is 29.7 Å². The summed E-state index contributed by atoms with van der Waals surface area (Å²) in [5.41, 5.74) is 5.21. The second kappa shape index (κ2) is 10.1. The molecule has 0 aliphatic heterocycles. The van der Waals surface area contributed by atoms with Gasteiger partial charge in [0.1, 0.15) is 18.1 Å². The second-order valence-electron chi connectivity index (χ2n) is 4.79. The van der Waals surface area contributed by atoms with Gasteiger partial charge in [-0.25, -0.2) is 0 Å². The molecule has 12 heteroatoms. The molecule has 0 heterocycles. The SMILES string of the molecule is CC(NC(=O)C(CC(=O)O)NC(=O)CNC(=O)C(N)CO)C(=O)O. The van der Waals surface area contributed by atoms with Gasteiger partial charge in [0.05, 0.1) is 19.6 Å². The highest BCUT2D eigenvalue weighted by molar-refractivity contribution is 5.94. The van der Waals surface area contributed by atoms with Crippen LogP contribution in [0.25, 0.3) is 0 Å². The number of aliphatic carboxylic acids is 2. The third-order valence-corrected chi connectivity index (χ3v) is 2.72. The van der Waals surface area contributed by atoms with E-state index in [-0.39, 0.29) is 0 Å². The summed E-state index contributed by atoms with van der Waals surface area (Å²) in [6, 6.07) is -4.04.